The van der Waals surface area contributed by atoms with E-state index in [9.17, 15) is 0 Å². The van der Waals surface area contributed by atoms with Crippen LogP contribution in [0.2, 0.25) is 5.02 Å². The van der Waals surface area contributed by atoms with Gasteiger partial charge in [0.05, 0.1) is 18.5 Å². The van der Waals surface area contributed by atoms with E-state index in [2.05, 4.69) is 0 Å². The highest BCUT2D eigenvalue weighted by Crippen LogP contribution is 2.23. The molecular weight excluding hydrogens is 362 g/mol. The number of rotatable bonds is 6. The maximum absolute atomic E-state index is 5.93. The summed E-state index contributed by atoms with van der Waals surface area (Å²) >= 11 is 7.56. The number of ether oxygens (including phenoxy) is 1. The van der Waals surface area contributed by atoms with Crippen molar-refractivity contribution in [1.29, 1.82) is 0 Å². The molecule has 0 spiro atoms. The molecule has 0 heterocycles. The third kappa shape index (κ3) is 5.25. The molecule has 0 aromatic heterocycles. The van der Waals surface area contributed by atoms with Crippen molar-refractivity contribution in [3.05, 3.63) is 101 Å². The second kappa shape index (κ2) is 9.27. The molecule has 3 aromatic carbocycles. The van der Waals surface area contributed by atoms with Crippen molar-refractivity contribution in [2.45, 2.75) is 4.90 Å². The zero-order valence-corrected chi connectivity index (χ0v) is 15.9. The van der Waals surface area contributed by atoms with Crippen LogP contribution in [0.5, 0.6) is 5.75 Å². The lowest BCUT2D eigenvalue weighted by molar-refractivity contribution is 0.415. The minimum atomic E-state index is 0.739. The maximum Gasteiger partial charge on any atom is 0.118 e. The van der Waals surface area contributed by atoms with Gasteiger partial charge in [-0.15, -0.1) is 0 Å². The Kier molecular flexibility index (Phi) is 6.53. The van der Waals surface area contributed by atoms with Gasteiger partial charge in [-0.3, -0.25) is 0 Å². The van der Waals surface area contributed by atoms with Crippen LogP contribution in [-0.2, 0) is 0 Å². The molecule has 4 heteroatoms. The molecule has 2 nitrogen and oxygen atoms in total. The number of allylic oxidation sites excluding steroid dienone is 1. The quantitative estimate of drug-likeness (QED) is 0.348. The molecular formula is C22H18ClNOS. The van der Waals surface area contributed by atoms with Gasteiger partial charge in [0, 0.05) is 15.5 Å². The van der Waals surface area contributed by atoms with Gasteiger partial charge in [0.1, 0.15) is 5.75 Å². The first-order valence-electron chi connectivity index (χ1n) is 8.11. The van der Waals surface area contributed by atoms with Crippen LogP contribution in [0.15, 0.2) is 100 Å². The fourth-order valence-corrected chi connectivity index (χ4v) is 3.06. The van der Waals surface area contributed by atoms with E-state index in [1.54, 1.807) is 18.9 Å². The van der Waals surface area contributed by atoms with Gasteiger partial charge in [-0.25, -0.2) is 4.99 Å². The topological polar surface area (TPSA) is 21.6 Å². The third-order valence-electron chi connectivity index (χ3n) is 3.64. The Morgan fingerprint density at radius 2 is 1.62 bits per heavy atom. The van der Waals surface area contributed by atoms with Crippen molar-refractivity contribution >= 4 is 34.8 Å². The molecule has 130 valence electrons. The Labute approximate surface area is 163 Å². The number of hydrogen-bond donors (Lipinski definition) is 0. The monoisotopic (exact) mass is 379 g/mol. The summed E-state index contributed by atoms with van der Waals surface area (Å²) in [4.78, 5) is 5.91. The first-order valence-corrected chi connectivity index (χ1v) is 9.37. The van der Waals surface area contributed by atoms with E-state index in [0.29, 0.717) is 0 Å². The van der Waals surface area contributed by atoms with E-state index >= 15 is 0 Å². The summed E-state index contributed by atoms with van der Waals surface area (Å²) in [5, 5.41) is 2.78. The van der Waals surface area contributed by atoms with Gasteiger partial charge >= 0.3 is 0 Å². The summed E-state index contributed by atoms with van der Waals surface area (Å²) in [5.41, 5.74) is 2.84. The molecule has 0 bridgehead atoms. The molecule has 0 aliphatic carbocycles. The van der Waals surface area contributed by atoms with Crippen molar-refractivity contribution in [3.8, 4) is 5.75 Å². The highest BCUT2D eigenvalue weighted by Gasteiger charge is 2.02. The minimum Gasteiger partial charge on any atom is -0.497 e. The summed E-state index contributed by atoms with van der Waals surface area (Å²) < 4.78 is 5.24. The van der Waals surface area contributed by atoms with E-state index in [1.807, 2.05) is 90.3 Å². The SMILES string of the molecule is COc1ccc(C(C=CSc2ccc(Cl)cc2)=Nc2ccccc2)cc1. The van der Waals surface area contributed by atoms with Crippen LogP contribution in [0.1, 0.15) is 5.56 Å². The van der Waals surface area contributed by atoms with E-state index in [0.717, 1.165) is 32.6 Å². The molecule has 3 aromatic rings. The Balaban J connectivity index is 1.85. The number of nitrogens with zero attached hydrogens (tertiary/aromatic N) is 1. The zero-order valence-electron chi connectivity index (χ0n) is 14.3. The first kappa shape index (κ1) is 18.3. The van der Waals surface area contributed by atoms with Gasteiger partial charge in [0.15, 0.2) is 0 Å². The van der Waals surface area contributed by atoms with Crippen LogP contribution in [0.3, 0.4) is 0 Å². The lowest BCUT2D eigenvalue weighted by atomic mass is 10.1. The standard InChI is InChI=1S/C22H18ClNOS/c1-25-20-11-7-17(8-12-20)22(24-19-5-3-2-4-6-19)15-16-26-21-13-9-18(23)10-14-21/h2-16H,1H3. The van der Waals surface area contributed by atoms with Crippen LogP contribution in [0.4, 0.5) is 5.69 Å². The van der Waals surface area contributed by atoms with Gasteiger partial charge < -0.3 is 4.74 Å². The fraction of sp³-hybridized carbons (Fsp3) is 0.0455. The summed E-state index contributed by atoms with van der Waals surface area (Å²) in [6, 6.07) is 25.6. The molecule has 0 saturated heterocycles. The molecule has 0 amide bonds. The van der Waals surface area contributed by atoms with Crippen LogP contribution in [0, 0.1) is 0 Å². The summed E-state index contributed by atoms with van der Waals surface area (Å²) in [5.74, 6) is 0.826. The summed E-state index contributed by atoms with van der Waals surface area (Å²) in [7, 11) is 1.66. The van der Waals surface area contributed by atoms with Gasteiger partial charge in [0.25, 0.3) is 0 Å². The number of aliphatic imine (C=N–C) groups is 1. The van der Waals surface area contributed by atoms with Gasteiger partial charge in [-0.1, -0.05) is 41.6 Å². The molecule has 0 unspecified atom stereocenters. The van der Waals surface area contributed by atoms with Crippen molar-refractivity contribution in [1.82, 2.24) is 0 Å². The van der Waals surface area contributed by atoms with Crippen LogP contribution < -0.4 is 4.74 Å². The highest BCUT2D eigenvalue weighted by atomic mass is 35.5. The van der Waals surface area contributed by atoms with E-state index < -0.39 is 0 Å². The molecule has 0 fully saturated rings. The number of benzene rings is 3. The molecule has 0 N–H and O–H groups in total. The first-order chi connectivity index (χ1) is 12.7. The van der Waals surface area contributed by atoms with Gasteiger partial charge in [-0.2, -0.15) is 0 Å². The smallest absolute Gasteiger partial charge is 0.118 e. The van der Waals surface area contributed by atoms with Crippen molar-refractivity contribution < 1.29 is 4.74 Å². The fourth-order valence-electron chi connectivity index (χ4n) is 2.29. The van der Waals surface area contributed by atoms with Crippen LogP contribution in [0.25, 0.3) is 0 Å². The number of para-hydroxylation sites is 1. The van der Waals surface area contributed by atoms with Crippen LogP contribution in [-0.4, -0.2) is 12.8 Å². The third-order valence-corrected chi connectivity index (χ3v) is 4.70. The molecule has 0 aliphatic rings. The Morgan fingerprint density at radius 1 is 0.923 bits per heavy atom. The summed E-state index contributed by atoms with van der Waals surface area (Å²) in [6.45, 7) is 0. The van der Waals surface area contributed by atoms with E-state index in [-0.39, 0.29) is 0 Å². The number of halogens is 1. The highest BCUT2D eigenvalue weighted by molar-refractivity contribution is 8.02. The second-order valence-electron chi connectivity index (χ2n) is 5.44. The summed E-state index contributed by atoms with van der Waals surface area (Å²) in [6.07, 6.45) is 2.02. The Morgan fingerprint density at radius 3 is 2.27 bits per heavy atom. The number of thioether (sulfide) groups is 1. The number of hydrogen-bond acceptors (Lipinski definition) is 3. The molecule has 0 radical (unpaired) electrons. The largest absolute Gasteiger partial charge is 0.497 e. The van der Waals surface area contributed by atoms with Gasteiger partial charge in [-0.05, 0) is 72.1 Å². The average Bonchev–Trinajstić information content (AvgIpc) is 2.69. The van der Waals surface area contributed by atoms with E-state index in [1.165, 1.54) is 0 Å². The van der Waals surface area contributed by atoms with Crippen molar-refractivity contribution in [3.63, 3.8) is 0 Å². The zero-order chi connectivity index (χ0) is 18.2. The predicted molar refractivity (Wildman–Crippen MR) is 112 cm³/mol. The molecule has 0 atom stereocenters. The number of methoxy groups -OCH3 is 1. The van der Waals surface area contributed by atoms with Gasteiger partial charge in [0.2, 0.25) is 0 Å². The molecule has 3 rings (SSSR count). The average molecular weight is 380 g/mol. The molecule has 26 heavy (non-hydrogen) atoms. The second-order valence-corrected chi connectivity index (χ2v) is 6.85. The van der Waals surface area contributed by atoms with E-state index in [4.69, 9.17) is 21.3 Å². The lowest BCUT2D eigenvalue weighted by Crippen LogP contribution is -1.96. The Bertz CT molecular complexity index is 888. The predicted octanol–water partition coefficient (Wildman–Crippen LogP) is 6.78. The molecule has 0 saturated carbocycles. The van der Waals surface area contributed by atoms with Crippen molar-refractivity contribution in [2.75, 3.05) is 7.11 Å². The van der Waals surface area contributed by atoms with Crippen molar-refractivity contribution in [2.24, 2.45) is 4.99 Å². The molecule has 0 aliphatic heterocycles. The Hall–Kier alpha value is -2.49. The maximum atomic E-state index is 5.93. The minimum absolute atomic E-state index is 0.739. The lowest BCUT2D eigenvalue weighted by Gasteiger charge is -2.05. The van der Waals surface area contributed by atoms with Crippen LogP contribution >= 0.6 is 23.4 Å². The normalized spacial score (nSPS) is 11.7.